The summed E-state index contributed by atoms with van der Waals surface area (Å²) >= 11 is 0. The first-order valence-corrected chi connectivity index (χ1v) is 12.0. The number of carbonyl (C=O) groups excluding carboxylic acids is 2. The summed E-state index contributed by atoms with van der Waals surface area (Å²) in [6.07, 6.45) is 4.62. The van der Waals surface area contributed by atoms with Crippen LogP contribution in [0.4, 0.5) is 17.1 Å². The summed E-state index contributed by atoms with van der Waals surface area (Å²) in [5.74, 6) is -0.0175. The highest BCUT2D eigenvalue weighted by Gasteiger charge is 2.29. The Bertz CT molecular complexity index is 1370. The topological polar surface area (TPSA) is 158 Å². The van der Waals surface area contributed by atoms with Gasteiger partial charge in [0, 0.05) is 36.8 Å². The van der Waals surface area contributed by atoms with Crippen LogP contribution in [0.3, 0.4) is 0 Å². The van der Waals surface area contributed by atoms with Crippen LogP contribution in [0.25, 0.3) is 11.0 Å². The minimum atomic E-state index is -0.513. The summed E-state index contributed by atoms with van der Waals surface area (Å²) in [7, 11) is 1.54. The normalized spacial score (nSPS) is 18.9. The summed E-state index contributed by atoms with van der Waals surface area (Å²) in [5.41, 5.74) is 2.64. The van der Waals surface area contributed by atoms with Crippen molar-refractivity contribution in [3.05, 3.63) is 52.2 Å². The minimum Gasteiger partial charge on any atom is -0.481 e. The fourth-order valence-electron chi connectivity index (χ4n) is 4.76. The standard InChI is InChI=1S/C25H26N6O6/c1-36-22-7-6-17-23(30-22)18(8-9-26-17)29-25(33)15-2-4-16(5-3-15)27-12-14-10-19-24(20(11-14)31(34)35)37-13-21(32)28-19/h6-11,15-16,27H,2-5,12-13H2,1H3,(H,28,32)(H,26,29,33). The van der Waals surface area contributed by atoms with E-state index in [1.807, 2.05) is 0 Å². The van der Waals surface area contributed by atoms with Gasteiger partial charge in [0.05, 0.1) is 28.9 Å². The Morgan fingerprint density at radius 1 is 1.24 bits per heavy atom. The summed E-state index contributed by atoms with van der Waals surface area (Å²) in [6, 6.07) is 8.56. The average Bonchev–Trinajstić information content (AvgIpc) is 2.91. The maximum atomic E-state index is 13.0. The molecule has 0 spiro atoms. The van der Waals surface area contributed by atoms with Gasteiger partial charge in [0.15, 0.2) is 6.61 Å². The number of nitrogens with zero attached hydrogens (tertiary/aromatic N) is 3. The third-order valence-corrected chi connectivity index (χ3v) is 6.67. The van der Waals surface area contributed by atoms with E-state index in [-0.39, 0.29) is 41.8 Å². The molecule has 1 aliphatic carbocycles. The van der Waals surface area contributed by atoms with E-state index in [9.17, 15) is 19.7 Å². The Kier molecular flexibility index (Phi) is 6.82. The highest BCUT2D eigenvalue weighted by Crippen LogP contribution is 2.38. The molecular weight excluding hydrogens is 480 g/mol. The molecule has 1 aliphatic heterocycles. The second kappa shape index (κ2) is 10.3. The molecular formula is C25H26N6O6. The molecule has 12 nitrogen and oxygen atoms in total. The first kappa shape index (κ1) is 24.4. The van der Waals surface area contributed by atoms with Gasteiger partial charge in [-0.3, -0.25) is 24.7 Å². The predicted molar refractivity (Wildman–Crippen MR) is 135 cm³/mol. The number of rotatable bonds is 7. The molecule has 192 valence electrons. The third-order valence-electron chi connectivity index (χ3n) is 6.67. The van der Waals surface area contributed by atoms with Crippen LogP contribution >= 0.6 is 0 Å². The van der Waals surface area contributed by atoms with E-state index in [4.69, 9.17) is 9.47 Å². The number of pyridine rings is 2. The number of amides is 2. The molecule has 0 atom stereocenters. The van der Waals surface area contributed by atoms with Gasteiger partial charge in [-0.25, -0.2) is 4.98 Å². The molecule has 5 rings (SSSR count). The summed E-state index contributed by atoms with van der Waals surface area (Å²) < 4.78 is 10.5. The van der Waals surface area contributed by atoms with E-state index >= 15 is 0 Å². The average molecular weight is 507 g/mol. The lowest BCUT2D eigenvalue weighted by molar-refractivity contribution is -0.385. The molecule has 0 radical (unpaired) electrons. The van der Waals surface area contributed by atoms with Gasteiger partial charge in [-0.2, -0.15) is 0 Å². The van der Waals surface area contributed by atoms with Crippen molar-refractivity contribution in [3.8, 4) is 11.6 Å². The van der Waals surface area contributed by atoms with Gasteiger partial charge in [0.2, 0.25) is 17.5 Å². The number of carbonyl (C=O) groups is 2. The predicted octanol–water partition coefficient (Wildman–Crippen LogP) is 3.16. The number of anilines is 2. The smallest absolute Gasteiger partial charge is 0.313 e. The number of ether oxygens (including phenoxy) is 2. The summed E-state index contributed by atoms with van der Waals surface area (Å²) in [5, 5.41) is 20.6. The lowest BCUT2D eigenvalue weighted by Crippen LogP contribution is -2.36. The van der Waals surface area contributed by atoms with Crippen LogP contribution in [0, 0.1) is 16.0 Å². The van der Waals surface area contributed by atoms with Crippen LogP contribution in [0.2, 0.25) is 0 Å². The van der Waals surface area contributed by atoms with Crippen molar-refractivity contribution in [3.63, 3.8) is 0 Å². The lowest BCUT2D eigenvalue weighted by atomic mass is 9.85. The van der Waals surface area contributed by atoms with Crippen molar-refractivity contribution in [1.29, 1.82) is 0 Å². The Morgan fingerprint density at radius 2 is 2.05 bits per heavy atom. The van der Waals surface area contributed by atoms with Crippen LogP contribution in [0.1, 0.15) is 31.2 Å². The van der Waals surface area contributed by atoms with Crippen molar-refractivity contribution >= 4 is 39.9 Å². The zero-order valence-electron chi connectivity index (χ0n) is 20.2. The summed E-state index contributed by atoms with van der Waals surface area (Å²) in [4.78, 5) is 44.3. The molecule has 2 aliphatic rings. The number of nitro benzene ring substituents is 1. The van der Waals surface area contributed by atoms with E-state index in [1.54, 1.807) is 30.5 Å². The second-order valence-corrected chi connectivity index (χ2v) is 9.08. The molecule has 2 aromatic heterocycles. The molecule has 0 bridgehead atoms. The Morgan fingerprint density at radius 3 is 2.81 bits per heavy atom. The summed E-state index contributed by atoms with van der Waals surface area (Å²) in [6.45, 7) is 0.145. The van der Waals surface area contributed by atoms with E-state index in [1.165, 1.54) is 13.2 Å². The first-order chi connectivity index (χ1) is 17.9. The number of hydrogen-bond donors (Lipinski definition) is 3. The number of hydrogen-bond acceptors (Lipinski definition) is 9. The van der Waals surface area contributed by atoms with Crippen LogP contribution in [0.15, 0.2) is 36.5 Å². The van der Waals surface area contributed by atoms with E-state index < -0.39 is 4.92 Å². The number of fused-ring (bicyclic) bond motifs is 2. The van der Waals surface area contributed by atoms with Crippen molar-refractivity contribution in [2.24, 2.45) is 5.92 Å². The highest BCUT2D eigenvalue weighted by molar-refractivity contribution is 6.00. The first-order valence-electron chi connectivity index (χ1n) is 12.0. The maximum absolute atomic E-state index is 13.0. The molecule has 1 saturated carbocycles. The SMILES string of the molecule is COc1ccc2nccc(NC(=O)C3CCC(NCc4cc5c(c([N+](=O)[O-])c4)OCC(=O)N5)CC3)c2n1. The molecule has 1 fully saturated rings. The number of benzene rings is 1. The van der Waals surface area contributed by atoms with Crippen molar-refractivity contribution < 1.29 is 24.0 Å². The Hall–Kier alpha value is -4.32. The second-order valence-electron chi connectivity index (χ2n) is 9.08. The molecule has 3 heterocycles. The fourth-order valence-corrected chi connectivity index (χ4v) is 4.76. The zero-order chi connectivity index (χ0) is 25.9. The van der Waals surface area contributed by atoms with Gasteiger partial charge in [0.25, 0.3) is 5.91 Å². The molecule has 2 amide bonds. The van der Waals surface area contributed by atoms with Crippen LogP contribution in [-0.2, 0) is 16.1 Å². The van der Waals surface area contributed by atoms with Crippen molar-refractivity contribution in [1.82, 2.24) is 15.3 Å². The molecule has 3 N–H and O–H groups in total. The van der Waals surface area contributed by atoms with Crippen molar-refractivity contribution in [2.45, 2.75) is 38.3 Å². The van der Waals surface area contributed by atoms with E-state index in [0.717, 1.165) is 12.8 Å². The van der Waals surface area contributed by atoms with Gasteiger partial charge in [0.1, 0.15) is 5.52 Å². The quantitative estimate of drug-likeness (QED) is 0.323. The minimum absolute atomic E-state index is 0.0587. The van der Waals surface area contributed by atoms with Gasteiger partial charge in [-0.1, -0.05) is 0 Å². The largest absolute Gasteiger partial charge is 0.481 e. The maximum Gasteiger partial charge on any atom is 0.313 e. The number of nitro groups is 1. The number of nitrogens with one attached hydrogen (secondary N) is 3. The molecule has 0 unspecified atom stereocenters. The van der Waals surface area contributed by atoms with Gasteiger partial charge < -0.3 is 25.4 Å². The van der Waals surface area contributed by atoms with Gasteiger partial charge in [-0.15, -0.1) is 0 Å². The molecule has 0 saturated heterocycles. The van der Waals surface area contributed by atoms with Crippen LogP contribution in [-0.4, -0.2) is 46.5 Å². The molecule has 3 aromatic rings. The van der Waals surface area contributed by atoms with E-state index in [2.05, 4.69) is 25.9 Å². The number of aromatic nitrogens is 2. The van der Waals surface area contributed by atoms with Gasteiger partial charge in [-0.05, 0) is 49.4 Å². The fraction of sp³-hybridized carbons (Fsp3) is 0.360. The third kappa shape index (κ3) is 5.28. The van der Waals surface area contributed by atoms with Gasteiger partial charge >= 0.3 is 5.69 Å². The van der Waals surface area contributed by atoms with Crippen LogP contribution in [0.5, 0.6) is 11.6 Å². The molecule has 37 heavy (non-hydrogen) atoms. The Labute approximate surface area is 211 Å². The lowest BCUT2D eigenvalue weighted by Gasteiger charge is -2.28. The number of methoxy groups -OCH3 is 1. The molecule has 1 aromatic carbocycles. The van der Waals surface area contributed by atoms with Crippen LogP contribution < -0.4 is 25.4 Å². The Balaban J connectivity index is 1.18. The highest BCUT2D eigenvalue weighted by atomic mass is 16.6. The monoisotopic (exact) mass is 506 g/mol. The zero-order valence-corrected chi connectivity index (χ0v) is 20.2. The van der Waals surface area contributed by atoms with Crippen molar-refractivity contribution in [2.75, 3.05) is 24.4 Å². The van der Waals surface area contributed by atoms with E-state index in [0.29, 0.717) is 53.2 Å². The molecule has 12 heteroatoms.